The minimum atomic E-state index is -5.36. The van der Waals surface area contributed by atoms with Gasteiger partial charge in [-0.3, -0.25) is 4.79 Å². The molecule has 0 bridgehead atoms. The molecule has 11 heteroatoms. The third kappa shape index (κ3) is 4.83. The summed E-state index contributed by atoms with van der Waals surface area (Å²) in [6, 6.07) is 6.56. The number of carbonyl (C=O) groups excluding carboxylic acids is 2. The van der Waals surface area contributed by atoms with Crippen LogP contribution in [0.25, 0.3) is 0 Å². The molecular weight excluding hydrogens is 468 g/mol. The number of hydrogen-bond acceptors (Lipinski definition) is 5. The Labute approximate surface area is 191 Å². The van der Waals surface area contributed by atoms with Crippen LogP contribution >= 0.6 is 11.6 Å². The lowest BCUT2D eigenvalue weighted by molar-refractivity contribution is -0.254. The van der Waals surface area contributed by atoms with Gasteiger partial charge in [0.25, 0.3) is 5.91 Å². The molecule has 0 saturated carbocycles. The standard InChI is InChI=1S/C22H21ClF4N2O4/c1-11-15-9-13(5-6-14(15)18(30)33-29-11)28-19(31)21(32,22(25,26)27)10-20(2,3)16-8-12(24)4-7-17(16)23/h4-9,11,29,32H,10H2,1-3H3,(H,28,31). The van der Waals surface area contributed by atoms with Crippen LogP contribution in [0.1, 0.15) is 54.7 Å². The SMILES string of the molecule is CC1NOC(=O)c2ccc(NC(=O)C(O)(CC(C)(C)c3cc(F)ccc3Cl)C(F)(F)F)cc21. The fraction of sp³-hybridized carbons (Fsp3) is 0.364. The zero-order chi connectivity index (χ0) is 24.8. The molecule has 1 aliphatic heterocycles. The van der Waals surface area contributed by atoms with Crippen molar-refractivity contribution in [2.75, 3.05) is 5.32 Å². The summed E-state index contributed by atoms with van der Waals surface area (Å²) in [5, 5.41) is 12.7. The van der Waals surface area contributed by atoms with E-state index < -0.39 is 47.3 Å². The predicted molar refractivity (Wildman–Crippen MR) is 112 cm³/mol. The summed E-state index contributed by atoms with van der Waals surface area (Å²) in [6.45, 7) is 4.28. The monoisotopic (exact) mass is 488 g/mol. The summed E-state index contributed by atoms with van der Waals surface area (Å²) >= 11 is 6.05. The van der Waals surface area contributed by atoms with E-state index in [2.05, 4.69) is 10.8 Å². The van der Waals surface area contributed by atoms with Gasteiger partial charge in [-0.05, 0) is 59.9 Å². The summed E-state index contributed by atoms with van der Waals surface area (Å²) in [4.78, 5) is 29.3. The zero-order valence-electron chi connectivity index (χ0n) is 17.8. The molecule has 178 valence electrons. The third-order valence-corrected chi connectivity index (χ3v) is 5.85. The Morgan fingerprint density at radius 2 is 1.88 bits per heavy atom. The van der Waals surface area contributed by atoms with Gasteiger partial charge in [0.15, 0.2) is 0 Å². The fourth-order valence-electron chi connectivity index (χ4n) is 3.74. The van der Waals surface area contributed by atoms with Crippen LogP contribution in [-0.2, 0) is 15.0 Å². The molecule has 1 heterocycles. The Morgan fingerprint density at radius 3 is 2.52 bits per heavy atom. The summed E-state index contributed by atoms with van der Waals surface area (Å²) in [5.74, 6) is -3.13. The normalized spacial score (nSPS) is 18.2. The van der Waals surface area contributed by atoms with Gasteiger partial charge in [0, 0.05) is 17.1 Å². The fourth-order valence-corrected chi connectivity index (χ4v) is 4.11. The van der Waals surface area contributed by atoms with E-state index >= 15 is 0 Å². The smallest absolute Gasteiger partial charge is 0.373 e. The van der Waals surface area contributed by atoms with Crippen LogP contribution in [0.3, 0.4) is 0 Å². The number of alkyl halides is 3. The molecule has 3 rings (SSSR count). The van der Waals surface area contributed by atoms with Crippen LogP contribution < -0.4 is 10.8 Å². The molecule has 1 aliphatic rings. The van der Waals surface area contributed by atoms with Gasteiger partial charge in [-0.1, -0.05) is 25.4 Å². The lowest BCUT2D eigenvalue weighted by Gasteiger charge is -2.37. The van der Waals surface area contributed by atoms with Gasteiger partial charge in [-0.15, -0.1) is 5.48 Å². The molecule has 2 atom stereocenters. The number of aliphatic hydroxyl groups is 1. The molecule has 0 spiro atoms. The van der Waals surface area contributed by atoms with E-state index in [1.165, 1.54) is 38.1 Å². The van der Waals surface area contributed by atoms with Crippen molar-refractivity contribution >= 4 is 29.2 Å². The van der Waals surface area contributed by atoms with E-state index in [0.29, 0.717) is 5.56 Å². The molecule has 2 aromatic carbocycles. The average molecular weight is 489 g/mol. The summed E-state index contributed by atoms with van der Waals surface area (Å²) < 4.78 is 55.7. The van der Waals surface area contributed by atoms with Crippen LogP contribution in [0.5, 0.6) is 0 Å². The van der Waals surface area contributed by atoms with Crippen LogP contribution in [0.4, 0.5) is 23.2 Å². The molecule has 0 aliphatic carbocycles. The number of hydrogen-bond donors (Lipinski definition) is 3. The lowest BCUT2D eigenvalue weighted by Crippen LogP contribution is -2.57. The summed E-state index contributed by atoms with van der Waals surface area (Å²) in [5.41, 5.74) is -2.40. The Bertz CT molecular complexity index is 1110. The molecule has 0 aromatic heterocycles. The Morgan fingerprint density at radius 1 is 1.21 bits per heavy atom. The highest BCUT2D eigenvalue weighted by Crippen LogP contribution is 2.43. The average Bonchev–Trinajstić information content (AvgIpc) is 2.71. The third-order valence-electron chi connectivity index (χ3n) is 5.52. The van der Waals surface area contributed by atoms with Crippen molar-refractivity contribution in [1.29, 1.82) is 0 Å². The molecule has 0 fully saturated rings. The second-order valence-electron chi connectivity index (χ2n) is 8.53. The van der Waals surface area contributed by atoms with Crippen molar-refractivity contribution in [1.82, 2.24) is 5.48 Å². The maximum atomic E-state index is 14.0. The minimum Gasteiger partial charge on any atom is -0.373 e. The van der Waals surface area contributed by atoms with Gasteiger partial charge in [0.05, 0.1) is 11.6 Å². The van der Waals surface area contributed by atoms with E-state index in [1.54, 1.807) is 6.92 Å². The topological polar surface area (TPSA) is 87.7 Å². The van der Waals surface area contributed by atoms with Crippen LogP contribution in [0, 0.1) is 5.82 Å². The summed E-state index contributed by atoms with van der Waals surface area (Å²) in [7, 11) is 0. The number of benzene rings is 2. The highest BCUT2D eigenvalue weighted by molar-refractivity contribution is 6.31. The second kappa shape index (κ2) is 8.58. The van der Waals surface area contributed by atoms with Crippen molar-refractivity contribution in [2.24, 2.45) is 0 Å². The van der Waals surface area contributed by atoms with E-state index in [4.69, 9.17) is 16.4 Å². The molecule has 33 heavy (non-hydrogen) atoms. The maximum Gasteiger partial charge on any atom is 0.426 e. The van der Waals surface area contributed by atoms with Gasteiger partial charge in [-0.2, -0.15) is 13.2 Å². The molecule has 0 saturated heterocycles. The number of hydroxylamine groups is 1. The Hall–Kier alpha value is -2.69. The highest BCUT2D eigenvalue weighted by Gasteiger charge is 2.61. The van der Waals surface area contributed by atoms with Gasteiger partial charge < -0.3 is 15.3 Å². The molecule has 2 unspecified atom stereocenters. The van der Waals surface area contributed by atoms with E-state index in [0.717, 1.165) is 12.1 Å². The van der Waals surface area contributed by atoms with Gasteiger partial charge in [-0.25, -0.2) is 9.18 Å². The van der Waals surface area contributed by atoms with Crippen molar-refractivity contribution in [3.05, 3.63) is 63.9 Å². The zero-order valence-corrected chi connectivity index (χ0v) is 18.6. The number of fused-ring (bicyclic) bond motifs is 1. The quantitative estimate of drug-likeness (QED) is 0.525. The van der Waals surface area contributed by atoms with Gasteiger partial charge >= 0.3 is 12.1 Å². The Kier molecular flexibility index (Phi) is 6.49. The maximum absolute atomic E-state index is 14.0. The molecule has 0 radical (unpaired) electrons. The first-order valence-electron chi connectivity index (χ1n) is 9.82. The van der Waals surface area contributed by atoms with Crippen molar-refractivity contribution in [3.63, 3.8) is 0 Å². The second-order valence-corrected chi connectivity index (χ2v) is 8.94. The largest absolute Gasteiger partial charge is 0.426 e. The van der Waals surface area contributed by atoms with Crippen LogP contribution in [0.15, 0.2) is 36.4 Å². The van der Waals surface area contributed by atoms with E-state index in [9.17, 15) is 32.3 Å². The molecule has 1 amide bonds. The van der Waals surface area contributed by atoms with Gasteiger partial charge in [0.1, 0.15) is 5.82 Å². The van der Waals surface area contributed by atoms with E-state index in [-0.39, 0.29) is 21.8 Å². The lowest BCUT2D eigenvalue weighted by atomic mass is 9.74. The molecule has 6 nitrogen and oxygen atoms in total. The van der Waals surface area contributed by atoms with Crippen molar-refractivity contribution in [2.45, 2.75) is 50.4 Å². The van der Waals surface area contributed by atoms with Crippen molar-refractivity contribution < 1.29 is 37.1 Å². The summed E-state index contributed by atoms with van der Waals surface area (Å²) in [6.07, 6.45) is -6.49. The predicted octanol–water partition coefficient (Wildman–Crippen LogP) is 4.81. The number of carbonyl (C=O) groups is 2. The molecular formula is C22H21ClF4N2O4. The number of rotatable bonds is 5. The minimum absolute atomic E-state index is 0.00519. The van der Waals surface area contributed by atoms with E-state index in [1.807, 2.05) is 0 Å². The van der Waals surface area contributed by atoms with Gasteiger partial charge in [0.2, 0.25) is 5.60 Å². The highest BCUT2D eigenvalue weighted by atomic mass is 35.5. The molecule has 2 aromatic rings. The molecule has 3 N–H and O–H groups in total. The number of halogens is 5. The van der Waals surface area contributed by atoms with Crippen LogP contribution in [-0.4, -0.2) is 28.8 Å². The number of amides is 1. The van der Waals surface area contributed by atoms with Crippen molar-refractivity contribution in [3.8, 4) is 0 Å². The first-order valence-corrected chi connectivity index (χ1v) is 10.2. The number of nitrogens with one attached hydrogen (secondary N) is 2. The Balaban J connectivity index is 1.94. The first-order chi connectivity index (χ1) is 15.2. The number of anilines is 1. The first kappa shape index (κ1) is 24.9. The van der Waals surface area contributed by atoms with Crippen LogP contribution in [0.2, 0.25) is 5.02 Å².